The van der Waals surface area contributed by atoms with Crippen molar-refractivity contribution in [3.8, 4) is 0 Å². The molecule has 1 heterocycles. The number of nitrogens with two attached hydrogens (primary N) is 1. The van der Waals surface area contributed by atoms with Gasteiger partial charge in [0.25, 0.3) is 0 Å². The van der Waals surface area contributed by atoms with Gasteiger partial charge in [0.15, 0.2) is 0 Å². The summed E-state index contributed by atoms with van der Waals surface area (Å²) < 4.78 is 0. The molecular weight excluding hydrogens is 208 g/mol. The molecule has 0 aromatic heterocycles. The third kappa shape index (κ3) is 2.32. The van der Waals surface area contributed by atoms with Crippen LogP contribution in [0, 0.1) is 18.8 Å². The summed E-state index contributed by atoms with van der Waals surface area (Å²) in [4.78, 5) is 2.56. The maximum Gasteiger partial charge on any atom is 0.0366 e. The van der Waals surface area contributed by atoms with Crippen molar-refractivity contribution in [1.29, 1.82) is 0 Å². The van der Waals surface area contributed by atoms with E-state index in [2.05, 4.69) is 36.1 Å². The van der Waals surface area contributed by atoms with Crippen LogP contribution in [0.5, 0.6) is 0 Å². The van der Waals surface area contributed by atoms with Crippen LogP contribution in [-0.2, 0) is 0 Å². The van der Waals surface area contributed by atoms with Gasteiger partial charge in [-0.2, -0.15) is 0 Å². The van der Waals surface area contributed by atoms with E-state index in [1.165, 1.54) is 43.6 Å². The standard InChI is InChI=1S/C15H22N2/c1-11-2-4-15(5-3-11)17-9-12-6-13(10-17)8-14(16)7-12/h2-5,12-14H,6-10,16H2,1H3. The van der Waals surface area contributed by atoms with Crippen LogP contribution in [0.3, 0.4) is 0 Å². The first-order valence-corrected chi connectivity index (χ1v) is 6.78. The second-order valence-electron chi connectivity index (χ2n) is 5.94. The molecule has 1 aromatic rings. The van der Waals surface area contributed by atoms with E-state index < -0.39 is 0 Å². The Morgan fingerprint density at radius 2 is 1.59 bits per heavy atom. The molecular formula is C15H22N2. The van der Waals surface area contributed by atoms with Crippen LogP contribution in [0.1, 0.15) is 24.8 Å². The van der Waals surface area contributed by atoms with Crippen molar-refractivity contribution in [3.05, 3.63) is 29.8 Å². The summed E-state index contributed by atoms with van der Waals surface area (Å²) in [6, 6.07) is 9.41. The number of anilines is 1. The highest BCUT2D eigenvalue weighted by atomic mass is 15.1. The van der Waals surface area contributed by atoms with Gasteiger partial charge in [-0.05, 0) is 50.2 Å². The Bertz CT molecular complexity index is 366. The zero-order chi connectivity index (χ0) is 11.8. The summed E-state index contributed by atoms with van der Waals surface area (Å²) in [6.45, 7) is 4.55. The first-order valence-electron chi connectivity index (χ1n) is 6.78. The second-order valence-corrected chi connectivity index (χ2v) is 5.94. The summed E-state index contributed by atoms with van der Waals surface area (Å²) in [5.41, 5.74) is 8.84. The highest BCUT2D eigenvalue weighted by molar-refractivity contribution is 5.48. The minimum absolute atomic E-state index is 0.457. The van der Waals surface area contributed by atoms with Crippen LogP contribution >= 0.6 is 0 Å². The van der Waals surface area contributed by atoms with Gasteiger partial charge in [-0.1, -0.05) is 17.7 Å². The minimum Gasteiger partial charge on any atom is -0.371 e. The molecule has 0 radical (unpaired) electrons. The third-order valence-electron chi connectivity index (χ3n) is 4.30. The second kappa shape index (κ2) is 4.34. The van der Waals surface area contributed by atoms with Gasteiger partial charge in [-0.25, -0.2) is 0 Å². The normalized spacial score (nSPS) is 32.6. The lowest BCUT2D eigenvalue weighted by atomic mass is 9.75. The van der Waals surface area contributed by atoms with E-state index in [1.807, 2.05) is 0 Å². The van der Waals surface area contributed by atoms with Crippen LogP contribution in [0.25, 0.3) is 0 Å². The Balaban J connectivity index is 1.75. The van der Waals surface area contributed by atoms with Gasteiger partial charge < -0.3 is 10.6 Å². The molecule has 2 unspecified atom stereocenters. The molecule has 2 bridgehead atoms. The number of rotatable bonds is 1. The average Bonchev–Trinajstić information content (AvgIpc) is 2.28. The quantitative estimate of drug-likeness (QED) is 0.803. The highest BCUT2D eigenvalue weighted by Gasteiger charge is 2.33. The summed E-state index contributed by atoms with van der Waals surface area (Å²) in [6.07, 6.45) is 3.84. The van der Waals surface area contributed by atoms with E-state index in [0.717, 1.165) is 11.8 Å². The number of benzene rings is 1. The first kappa shape index (κ1) is 11.1. The number of aryl methyl sites for hydroxylation is 1. The molecule has 2 fully saturated rings. The van der Waals surface area contributed by atoms with E-state index >= 15 is 0 Å². The van der Waals surface area contributed by atoms with Crippen LogP contribution in [0.2, 0.25) is 0 Å². The monoisotopic (exact) mass is 230 g/mol. The SMILES string of the molecule is Cc1ccc(N2CC3CC(N)CC(C3)C2)cc1. The summed E-state index contributed by atoms with van der Waals surface area (Å²) in [5.74, 6) is 1.64. The third-order valence-corrected chi connectivity index (χ3v) is 4.30. The number of piperidine rings is 1. The molecule has 1 aliphatic heterocycles. The number of fused-ring (bicyclic) bond motifs is 2. The van der Waals surface area contributed by atoms with E-state index in [4.69, 9.17) is 5.73 Å². The van der Waals surface area contributed by atoms with Crippen molar-refractivity contribution < 1.29 is 0 Å². The molecule has 92 valence electrons. The Hall–Kier alpha value is -1.02. The zero-order valence-corrected chi connectivity index (χ0v) is 10.6. The zero-order valence-electron chi connectivity index (χ0n) is 10.6. The van der Waals surface area contributed by atoms with Gasteiger partial charge >= 0.3 is 0 Å². The molecule has 3 rings (SSSR count). The van der Waals surface area contributed by atoms with Crippen LogP contribution in [0.4, 0.5) is 5.69 Å². The molecule has 17 heavy (non-hydrogen) atoms. The predicted molar refractivity (Wildman–Crippen MR) is 72.2 cm³/mol. The van der Waals surface area contributed by atoms with Crippen molar-refractivity contribution in [1.82, 2.24) is 0 Å². The van der Waals surface area contributed by atoms with Crippen LogP contribution < -0.4 is 10.6 Å². The van der Waals surface area contributed by atoms with Crippen molar-refractivity contribution in [2.24, 2.45) is 17.6 Å². The van der Waals surface area contributed by atoms with Crippen molar-refractivity contribution in [2.75, 3.05) is 18.0 Å². The largest absolute Gasteiger partial charge is 0.371 e. The topological polar surface area (TPSA) is 29.3 Å². The van der Waals surface area contributed by atoms with Gasteiger partial charge in [0.2, 0.25) is 0 Å². The van der Waals surface area contributed by atoms with Gasteiger partial charge in [0.05, 0.1) is 0 Å². The number of nitrogens with zero attached hydrogens (tertiary/aromatic N) is 1. The lowest BCUT2D eigenvalue weighted by molar-refractivity contribution is 0.208. The fourth-order valence-corrected chi connectivity index (χ4v) is 3.58. The summed E-state index contributed by atoms with van der Waals surface area (Å²) in [5, 5.41) is 0. The smallest absolute Gasteiger partial charge is 0.0366 e. The molecule has 2 atom stereocenters. The number of hydrogen-bond acceptors (Lipinski definition) is 2. The Morgan fingerprint density at radius 3 is 2.18 bits per heavy atom. The average molecular weight is 230 g/mol. The summed E-state index contributed by atoms with van der Waals surface area (Å²) in [7, 11) is 0. The Morgan fingerprint density at radius 1 is 1.00 bits per heavy atom. The molecule has 1 saturated heterocycles. The van der Waals surface area contributed by atoms with Crippen molar-refractivity contribution >= 4 is 5.69 Å². The molecule has 2 aliphatic rings. The Labute approximate surface area is 104 Å². The lowest BCUT2D eigenvalue weighted by Crippen LogP contribution is -2.47. The van der Waals surface area contributed by atoms with Crippen molar-refractivity contribution in [2.45, 2.75) is 32.2 Å². The van der Waals surface area contributed by atoms with E-state index in [-0.39, 0.29) is 0 Å². The highest BCUT2D eigenvalue weighted by Crippen LogP contribution is 2.35. The molecule has 1 saturated carbocycles. The van der Waals surface area contributed by atoms with Gasteiger partial charge in [-0.3, -0.25) is 0 Å². The molecule has 0 spiro atoms. The van der Waals surface area contributed by atoms with E-state index in [0.29, 0.717) is 6.04 Å². The molecule has 1 aliphatic carbocycles. The fraction of sp³-hybridized carbons (Fsp3) is 0.600. The minimum atomic E-state index is 0.457. The van der Waals surface area contributed by atoms with Crippen molar-refractivity contribution in [3.63, 3.8) is 0 Å². The predicted octanol–water partition coefficient (Wildman–Crippen LogP) is 2.56. The van der Waals surface area contributed by atoms with E-state index in [9.17, 15) is 0 Å². The molecule has 0 amide bonds. The van der Waals surface area contributed by atoms with Gasteiger partial charge in [-0.15, -0.1) is 0 Å². The number of hydrogen-bond donors (Lipinski definition) is 1. The fourth-order valence-electron chi connectivity index (χ4n) is 3.58. The summed E-state index contributed by atoms with van der Waals surface area (Å²) >= 11 is 0. The Kier molecular flexibility index (Phi) is 2.83. The molecule has 2 nitrogen and oxygen atoms in total. The first-order chi connectivity index (χ1) is 8.20. The molecule has 2 N–H and O–H groups in total. The molecule has 2 heteroatoms. The van der Waals surface area contributed by atoms with Gasteiger partial charge in [0, 0.05) is 24.8 Å². The van der Waals surface area contributed by atoms with Crippen LogP contribution in [-0.4, -0.2) is 19.1 Å². The molecule has 1 aromatic carbocycles. The maximum absolute atomic E-state index is 6.11. The van der Waals surface area contributed by atoms with E-state index in [1.54, 1.807) is 0 Å². The van der Waals surface area contributed by atoms with Gasteiger partial charge in [0.1, 0.15) is 0 Å². The maximum atomic E-state index is 6.11. The lowest BCUT2D eigenvalue weighted by Gasteiger charge is -2.44. The van der Waals surface area contributed by atoms with Crippen LogP contribution in [0.15, 0.2) is 24.3 Å².